The molecule has 0 bridgehead atoms. The van der Waals surface area contributed by atoms with Gasteiger partial charge < -0.3 is 19.7 Å². The Kier molecular flexibility index (Phi) is 5.12. The number of carbonyl (C=O) groups excluding carboxylic acids is 3. The van der Waals surface area contributed by atoms with Gasteiger partial charge >= 0.3 is 11.9 Å². The fourth-order valence-corrected chi connectivity index (χ4v) is 5.01. The standard InChI is InChI=1S/C27H24N2O5/c1-4-33-24(30)22-21-17-11-7-6-10-16(17)14-15-19(21)28-27(23(22)25(31)34-5-2)18-12-8-9-13-20(18)29(3)26(27)32/h6-15,28H,4-5H2,1-3H3. The highest BCUT2D eigenvalue weighted by molar-refractivity contribution is 6.33. The number of amides is 1. The van der Waals surface area contributed by atoms with E-state index in [1.807, 2.05) is 48.5 Å². The highest BCUT2D eigenvalue weighted by Gasteiger charge is 2.59. The monoisotopic (exact) mass is 456 g/mol. The molecule has 5 rings (SSSR count). The number of hydrogen-bond acceptors (Lipinski definition) is 6. The molecule has 7 nitrogen and oxygen atoms in total. The van der Waals surface area contributed by atoms with Crippen molar-refractivity contribution < 1.29 is 23.9 Å². The fourth-order valence-electron chi connectivity index (χ4n) is 5.01. The van der Waals surface area contributed by atoms with Gasteiger partial charge in [0.15, 0.2) is 5.54 Å². The van der Waals surface area contributed by atoms with Gasteiger partial charge in [0.05, 0.1) is 24.4 Å². The van der Waals surface area contributed by atoms with E-state index in [0.29, 0.717) is 22.5 Å². The normalized spacial score (nSPS) is 18.6. The molecule has 1 unspecified atom stereocenters. The number of ether oxygens (including phenoxy) is 2. The molecule has 3 aromatic rings. The molecule has 1 N–H and O–H groups in total. The van der Waals surface area contributed by atoms with Gasteiger partial charge in [0.1, 0.15) is 0 Å². The van der Waals surface area contributed by atoms with Gasteiger partial charge in [0.25, 0.3) is 5.91 Å². The third kappa shape index (κ3) is 2.86. The third-order valence-electron chi connectivity index (χ3n) is 6.38. The molecule has 0 saturated carbocycles. The molecule has 34 heavy (non-hydrogen) atoms. The average molecular weight is 456 g/mol. The smallest absolute Gasteiger partial charge is 0.339 e. The summed E-state index contributed by atoms with van der Waals surface area (Å²) in [6, 6.07) is 18.6. The summed E-state index contributed by atoms with van der Waals surface area (Å²) in [6.45, 7) is 3.59. The highest BCUT2D eigenvalue weighted by Crippen LogP contribution is 2.53. The molecule has 2 aliphatic rings. The summed E-state index contributed by atoms with van der Waals surface area (Å²) in [5, 5.41) is 5.01. The number of esters is 2. The van der Waals surface area contributed by atoms with E-state index in [4.69, 9.17) is 9.47 Å². The molecule has 0 fully saturated rings. The Balaban J connectivity index is 1.95. The van der Waals surface area contributed by atoms with Crippen molar-refractivity contribution in [3.8, 4) is 0 Å². The van der Waals surface area contributed by atoms with Crippen molar-refractivity contribution in [1.82, 2.24) is 0 Å². The van der Waals surface area contributed by atoms with Crippen LogP contribution in [0.1, 0.15) is 25.0 Å². The minimum absolute atomic E-state index is 0.0457. The van der Waals surface area contributed by atoms with Crippen LogP contribution in [-0.4, -0.2) is 38.1 Å². The summed E-state index contributed by atoms with van der Waals surface area (Å²) in [5.74, 6) is -1.80. The van der Waals surface area contributed by atoms with Crippen LogP contribution in [0.3, 0.4) is 0 Å². The van der Waals surface area contributed by atoms with E-state index >= 15 is 0 Å². The van der Waals surface area contributed by atoms with Gasteiger partial charge in [-0.2, -0.15) is 0 Å². The first-order valence-corrected chi connectivity index (χ1v) is 11.2. The number of rotatable bonds is 4. The van der Waals surface area contributed by atoms with Gasteiger partial charge in [-0.05, 0) is 36.8 Å². The molecule has 2 aliphatic heterocycles. The van der Waals surface area contributed by atoms with E-state index in [1.54, 1.807) is 33.0 Å². The molecule has 0 aromatic heterocycles. The minimum Gasteiger partial charge on any atom is -0.463 e. The van der Waals surface area contributed by atoms with Crippen LogP contribution in [-0.2, 0) is 29.4 Å². The fraction of sp³-hybridized carbons (Fsp3) is 0.222. The van der Waals surface area contributed by atoms with Crippen LogP contribution in [0.5, 0.6) is 0 Å². The molecular weight excluding hydrogens is 432 g/mol. The SMILES string of the molecule is CCOC(=O)C1=C(C(=O)OCC)C2(Nc3ccc4ccccc4c31)C(=O)N(C)c1ccccc12. The maximum Gasteiger partial charge on any atom is 0.339 e. The summed E-state index contributed by atoms with van der Waals surface area (Å²) < 4.78 is 10.9. The van der Waals surface area contributed by atoms with Crippen LogP contribution in [0.15, 0.2) is 66.2 Å². The van der Waals surface area contributed by atoms with Crippen molar-refractivity contribution in [3.63, 3.8) is 0 Å². The summed E-state index contributed by atoms with van der Waals surface area (Å²) >= 11 is 0. The second-order valence-electron chi connectivity index (χ2n) is 8.16. The lowest BCUT2D eigenvalue weighted by atomic mass is 9.75. The van der Waals surface area contributed by atoms with Gasteiger partial charge in [-0.1, -0.05) is 48.5 Å². The number of likely N-dealkylation sites (N-methyl/N-ethyl adjacent to an activating group) is 1. The maximum atomic E-state index is 13.9. The van der Waals surface area contributed by atoms with Crippen LogP contribution < -0.4 is 10.2 Å². The van der Waals surface area contributed by atoms with Gasteiger partial charge in [-0.3, -0.25) is 4.79 Å². The number of nitrogens with zero attached hydrogens (tertiary/aromatic N) is 1. The second kappa shape index (κ2) is 8.02. The lowest BCUT2D eigenvalue weighted by Gasteiger charge is -2.38. The van der Waals surface area contributed by atoms with Crippen molar-refractivity contribution >= 4 is 45.6 Å². The predicted octanol–water partition coefficient (Wildman–Crippen LogP) is 4.02. The van der Waals surface area contributed by atoms with Crippen LogP contribution in [0.2, 0.25) is 0 Å². The van der Waals surface area contributed by atoms with Crippen molar-refractivity contribution in [2.24, 2.45) is 0 Å². The molecular formula is C27H24N2O5. The quantitative estimate of drug-likeness (QED) is 0.597. The molecule has 0 aliphatic carbocycles. The summed E-state index contributed by atoms with van der Waals surface area (Å²) in [4.78, 5) is 42.5. The molecule has 2 heterocycles. The van der Waals surface area contributed by atoms with E-state index in [1.165, 1.54) is 4.90 Å². The lowest BCUT2D eigenvalue weighted by molar-refractivity contribution is -0.141. The average Bonchev–Trinajstić information content (AvgIpc) is 3.05. The second-order valence-corrected chi connectivity index (χ2v) is 8.16. The van der Waals surface area contributed by atoms with Gasteiger partial charge in [-0.15, -0.1) is 0 Å². The number of nitrogens with one attached hydrogen (secondary N) is 1. The number of hydrogen-bond donors (Lipinski definition) is 1. The molecule has 3 aromatic carbocycles. The first kappa shape index (κ1) is 21.7. The number of carbonyl (C=O) groups is 3. The third-order valence-corrected chi connectivity index (χ3v) is 6.38. The Morgan fingerprint density at radius 2 is 1.59 bits per heavy atom. The maximum absolute atomic E-state index is 13.9. The summed E-state index contributed by atoms with van der Waals surface area (Å²) in [7, 11) is 1.65. The van der Waals surface area contributed by atoms with E-state index in [9.17, 15) is 14.4 Å². The van der Waals surface area contributed by atoms with Crippen LogP contribution in [0.25, 0.3) is 16.3 Å². The summed E-state index contributed by atoms with van der Waals surface area (Å²) in [5.41, 5.74) is 0.663. The van der Waals surface area contributed by atoms with Crippen LogP contribution in [0, 0.1) is 0 Å². The molecule has 0 saturated heterocycles. The topological polar surface area (TPSA) is 84.9 Å². The predicted molar refractivity (Wildman–Crippen MR) is 129 cm³/mol. The van der Waals surface area contributed by atoms with Crippen molar-refractivity contribution in [3.05, 3.63) is 77.4 Å². The Bertz CT molecular complexity index is 1390. The van der Waals surface area contributed by atoms with Crippen LogP contribution >= 0.6 is 0 Å². The number of anilines is 2. The van der Waals surface area contributed by atoms with E-state index in [0.717, 1.165) is 10.8 Å². The molecule has 1 amide bonds. The Labute approximate surface area is 197 Å². The number of benzene rings is 3. The Morgan fingerprint density at radius 3 is 2.35 bits per heavy atom. The van der Waals surface area contributed by atoms with Gasteiger partial charge in [-0.25, -0.2) is 9.59 Å². The van der Waals surface area contributed by atoms with Crippen molar-refractivity contribution in [1.29, 1.82) is 0 Å². The van der Waals surface area contributed by atoms with Gasteiger partial charge in [0.2, 0.25) is 0 Å². The zero-order valence-corrected chi connectivity index (χ0v) is 19.2. The molecule has 1 atom stereocenters. The molecule has 0 radical (unpaired) electrons. The zero-order valence-electron chi connectivity index (χ0n) is 19.2. The van der Waals surface area contributed by atoms with Crippen molar-refractivity contribution in [2.45, 2.75) is 19.4 Å². The lowest BCUT2D eigenvalue weighted by Crippen LogP contribution is -2.51. The van der Waals surface area contributed by atoms with E-state index in [-0.39, 0.29) is 30.3 Å². The minimum atomic E-state index is -1.63. The van der Waals surface area contributed by atoms with Crippen LogP contribution in [0.4, 0.5) is 11.4 Å². The first-order valence-electron chi connectivity index (χ1n) is 11.2. The number of fused-ring (bicyclic) bond motifs is 5. The highest BCUT2D eigenvalue weighted by atomic mass is 16.5. The zero-order chi connectivity index (χ0) is 24.0. The van der Waals surface area contributed by atoms with E-state index in [2.05, 4.69) is 5.32 Å². The Morgan fingerprint density at radius 1 is 0.912 bits per heavy atom. The van der Waals surface area contributed by atoms with Gasteiger partial charge in [0, 0.05) is 29.5 Å². The number of para-hydroxylation sites is 1. The first-order chi connectivity index (χ1) is 16.5. The Hall–Kier alpha value is -4.13. The molecule has 7 heteroatoms. The van der Waals surface area contributed by atoms with Crippen molar-refractivity contribution in [2.75, 3.05) is 30.5 Å². The largest absolute Gasteiger partial charge is 0.463 e. The van der Waals surface area contributed by atoms with E-state index < -0.39 is 17.5 Å². The molecule has 172 valence electrons. The molecule has 1 spiro atoms. The summed E-state index contributed by atoms with van der Waals surface area (Å²) in [6.07, 6.45) is 0.